The van der Waals surface area contributed by atoms with E-state index in [9.17, 15) is 8.78 Å². The molecule has 80 valence electrons. The molecule has 2 rings (SSSR count). The van der Waals surface area contributed by atoms with Crippen molar-refractivity contribution in [3.63, 3.8) is 0 Å². The van der Waals surface area contributed by atoms with Crippen molar-refractivity contribution in [1.29, 1.82) is 0 Å². The fraction of sp³-hybridized carbons (Fsp3) is 1.00. The van der Waals surface area contributed by atoms with Crippen molar-refractivity contribution in [2.45, 2.75) is 31.2 Å². The molecule has 1 saturated heterocycles. The molecule has 5 heteroatoms. The molecule has 0 aromatic heterocycles. The van der Waals surface area contributed by atoms with Crippen molar-refractivity contribution < 1.29 is 8.78 Å². The van der Waals surface area contributed by atoms with Crippen LogP contribution < -0.4 is 10.6 Å². The Kier molecular flexibility index (Phi) is 5.76. The van der Waals surface area contributed by atoms with Crippen molar-refractivity contribution in [3.05, 3.63) is 0 Å². The maximum absolute atomic E-state index is 11.5. The Morgan fingerprint density at radius 2 is 1.77 bits per heavy atom. The summed E-state index contributed by atoms with van der Waals surface area (Å²) < 4.78 is 23.0. The smallest absolute Gasteiger partial charge is 0.272 e. The van der Waals surface area contributed by atoms with E-state index in [1.807, 2.05) is 7.05 Å². The first kappa shape index (κ1) is 13.1. The molecule has 1 heterocycles. The molecular weight excluding hydrogens is 198 g/mol. The minimum Gasteiger partial charge on any atom is -0.317 e. The molecule has 0 radical (unpaired) electrons. The van der Waals surface area contributed by atoms with E-state index in [1.165, 1.54) is 19.3 Å². The second kappa shape index (κ2) is 5.73. The van der Waals surface area contributed by atoms with Crippen molar-refractivity contribution >= 4 is 12.4 Å². The molecule has 2 N–H and O–H groups in total. The first-order valence-corrected chi connectivity index (χ1v) is 4.40. The minimum atomic E-state index is -2.39. The zero-order chi connectivity index (χ0) is 9.03. The fourth-order valence-electron chi connectivity index (χ4n) is 1.01. The lowest BCUT2D eigenvalue weighted by Crippen LogP contribution is -2.52. The summed E-state index contributed by atoms with van der Waals surface area (Å²) in [7, 11) is 2.03. The molecular formula is C8H17ClF2N2. The Morgan fingerprint density at radius 3 is 1.77 bits per heavy atom. The zero-order valence-electron chi connectivity index (χ0n) is 7.78. The Morgan fingerprint density at radius 1 is 1.31 bits per heavy atom. The predicted molar refractivity (Wildman–Crippen MR) is 51.8 cm³/mol. The third-order valence-corrected chi connectivity index (χ3v) is 2.28. The van der Waals surface area contributed by atoms with Gasteiger partial charge in [-0.2, -0.15) is 0 Å². The van der Waals surface area contributed by atoms with Crippen LogP contribution in [0.4, 0.5) is 8.78 Å². The van der Waals surface area contributed by atoms with E-state index in [0.29, 0.717) is 0 Å². The van der Waals surface area contributed by atoms with Crippen LogP contribution in [0.2, 0.25) is 0 Å². The molecule has 0 spiro atoms. The number of halogens is 3. The number of alkyl halides is 2. The molecule has 1 aliphatic heterocycles. The topological polar surface area (TPSA) is 24.1 Å². The summed E-state index contributed by atoms with van der Waals surface area (Å²) in [4.78, 5) is 0. The maximum Gasteiger partial charge on any atom is 0.272 e. The van der Waals surface area contributed by atoms with Crippen LogP contribution >= 0.6 is 12.4 Å². The quantitative estimate of drug-likeness (QED) is 0.690. The SMILES string of the molecule is CNC1CCC1.Cl.FC1(F)CNC1. The molecule has 13 heavy (non-hydrogen) atoms. The van der Waals surface area contributed by atoms with Gasteiger partial charge in [-0.1, -0.05) is 6.42 Å². The van der Waals surface area contributed by atoms with Gasteiger partial charge in [-0.3, -0.25) is 0 Å². The summed E-state index contributed by atoms with van der Waals surface area (Å²) in [5, 5.41) is 5.65. The average molecular weight is 215 g/mol. The zero-order valence-corrected chi connectivity index (χ0v) is 8.59. The first-order chi connectivity index (χ1) is 5.64. The van der Waals surface area contributed by atoms with E-state index in [1.54, 1.807) is 0 Å². The van der Waals surface area contributed by atoms with Crippen LogP contribution in [0.3, 0.4) is 0 Å². The van der Waals surface area contributed by atoms with Crippen molar-refractivity contribution in [2.24, 2.45) is 0 Å². The molecule has 0 atom stereocenters. The molecule has 0 bridgehead atoms. The summed E-state index contributed by atoms with van der Waals surface area (Å²) in [5.41, 5.74) is 0. The second-order valence-electron chi connectivity index (χ2n) is 3.38. The normalized spacial score (nSPS) is 24.2. The van der Waals surface area contributed by atoms with Crippen LogP contribution in [0.5, 0.6) is 0 Å². The molecule has 2 nitrogen and oxygen atoms in total. The van der Waals surface area contributed by atoms with Gasteiger partial charge in [0, 0.05) is 6.04 Å². The Bertz CT molecular complexity index is 131. The highest BCUT2D eigenvalue weighted by atomic mass is 35.5. The van der Waals surface area contributed by atoms with E-state index < -0.39 is 5.92 Å². The van der Waals surface area contributed by atoms with Gasteiger partial charge in [0.15, 0.2) is 0 Å². The standard InChI is InChI=1S/C5H11N.C3H5F2N.ClH/c1-6-5-3-2-4-5;4-3(5)1-6-2-3;/h5-6H,2-4H2,1H3;6H,1-2H2;1H. The van der Waals surface area contributed by atoms with E-state index in [4.69, 9.17) is 0 Å². The van der Waals surface area contributed by atoms with E-state index >= 15 is 0 Å². The summed E-state index contributed by atoms with van der Waals surface area (Å²) >= 11 is 0. The lowest BCUT2D eigenvalue weighted by atomic mass is 9.94. The largest absolute Gasteiger partial charge is 0.317 e. The van der Waals surface area contributed by atoms with E-state index in [-0.39, 0.29) is 25.5 Å². The summed E-state index contributed by atoms with van der Waals surface area (Å²) in [6.07, 6.45) is 4.23. The van der Waals surface area contributed by atoms with Gasteiger partial charge < -0.3 is 10.6 Å². The van der Waals surface area contributed by atoms with Crippen molar-refractivity contribution in [3.8, 4) is 0 Å². The van der Waals surface area contributed by atoms with Crippen molar-refractivity contribution in [2.75, 3.05) is 20.1 Å². The predicted octanol–water partition coefficient (Wildman–Crippen LogP) is 1.40. The Balaban J connectivity index is 0.000000206. The third-order valence-electron chi connectivity index (χ3n) is 2.28. The Hall–Kier alpha value is 0.0700. The number of hydrogen-bond donors (Lipinski definition) is 2. The van der Waals surface area contributed by atoms with E-state index in [2.05, 4.69) is 10.6 Å². The molecule has 0 aromatic carbocycles. The first-order valence-electron chi connectivity index (χ1n) is 4.40. The van der Waals surface area contributed by atoms with Gasteiger partial charge in [-0.05, 0) is 19.9 Å². The van der Waals surface area contributed by atoms with Gasteiger partial charge in [0.25, 0.3) is 5.92 Å². The van der Waals surface area contributed by atoms with Gasteiger partial charge in [0.2, 0.25) is 0 Å². The van der Waals surface area contributed by atoms with Crippen LogP contribution in [0.25, 0.3) is 0 Å². The van der Waals surface area contributed by atoms with Gasteiger partial charge in [-0.15, -0.1) is 12.4 Å². The van der Waals surface area contributed by atoms with Gasteiger partial charge in [0.05, 0.1) is 13.1 Å². The van der Waals surface area contributed by atoms with Gasteiger partial charge >= 0.3 is 0 Å². The van der Waals surface area contributed by atoms with Crippen LogP contribution in [0, 0.1) is 0 Å². The molecule has 1 aliphatic carbocycles. The molecule has 0 aromatic rings. The molecule has 2 aliphatic rings. The molecule has 0 unspecified atom stereocenters. The van der Waals surface area contributed by atoms with Crippen molar-refractivity contribution in [1.82, 2.24) is 10.6 Å². The number of rotatable bonds is 1. The summed E-state index contributed by atoms with van der Waals surface area (Å²) in [5.74, 6) is -2.39. The minimum absolute atomic E-state index is 0. The highest BCUT2D eigenvalue weighted by molar-refractivity contribution is 5.85. The fourth-order valence-corrected chi connectivity index (χ4v) is 1.01. The molecule has 1 saturated carbocycles. The van der Waals surface area contributed by atoms with Gasteiger partial charge in [-0.25, -0.2) is 8.78 Å². The van der Waals surface area contributed by atoms with Crippen LogP contribution in [-0.2, 0) is 0 Å². The third kappa shape index (κ3) is 4.74. The monoisotopic (exact) mass is 214 g/mol. The maximum atomic E-state index is 11.5. The van der Waals surface area contributed by atoms with E-state index in [0.717, 1.165) is 6.04 Å². The van der Waals surface area contributed by atoms with Crippen LogP contribution in [0.15, 0.2) is 0 Å². The van der Waals surface area contributed by atoms with Gasteiger partial charge in [0.1, 0.15) is 0 Å². The average Bonchev–Trinajstić information content (AvgIpc) is 1.83. The summed E-state index contributed by atoms with van der Waals surface area (Å²) in [6, 6.07) is 0.866. The lowest BCUT2D eigenvalue weighted by Gasteiger charge is -2.25. The number of hydrogen-bond acceptors (Lipinski definition) is 2. The highest BCUT2D eigenvalue weighted by Gasteiger charge is 2.36. The summed E-state index contributed by atoms with van der Waals surface area (Å²) in [6.45, 7) is -0.264. The lowest BCUT2D eigenvalue weighted by molar-refractivity contribution is -0.0475. The van der Waals surface area contributed by atoms with Crippen LogP contribution in [-0.4, -0.2) is 32.1 Å². The molecule has 0 amide bonds. The number of nitrogens with one attached hydrogen (secondary N) is 2. The highest BCUT2D eigenvalue weighted by Crippen LogP contribution is 2.16. The second-order valence-corrected chi connectivity index (χ2v) is 3.38. The Labute approximate surface area is 83.9 Å². The molecule has 2 fully saturated rings. The van der Waals surface area contributed by atoms with Crippen LogP contribution in [0.1, 0.15) is 19.3 Å².